The van der Waals surface area contributed by atoms with Gasteiger partial charge in [-0.1, -0.05) is 19.9 Å². The van der Waals surface area contributed by atoms with Gasteiger partial charge in [-0.15, -0.1) is 0 Å². The van der Waals surface area contributed by atoms with Gasteiger partial charge in [-0.05, 0) is 18.6 Å². The standard InChI is InChI=1S/C14H18F2N2O2/c1-3-4-7-20-12-6-5-11(15)10(14(12)16)8-13(19)18-9(2)17/h5-6H,2-4,7-8,17H2,1H3,(H,18,19). The molecule has 0 aromatic heterocycles. The van der Waals surface area contributed by atoms with Crippen molar-refractivity contribution in [3.63, 3.8) is 0 Å². The molecule has 0 atom stereocenters. The summed E-state index contributed by atoms with van der Waals surface area (Å²) in [6.07, 6.45) is 1.19. The van der Waals surface area contributed by atoms with E-state index in [0.717, 1.165) is 18.9 Å². The van der Waals surface area contributed by atoms with Gasteiger partial charge in [-0.3, -0.25) is 4.79 Å². The molecule has 0 aliphatic rings. The second kappa shape index (κ2) is 7.47. The van der Waals surface area contributed by atoms with Crippen molar-refractivity contribution < 1.29 is 18.3 Å². The van der Waals surface area contributed by atoms with Crippen molar-refractivity contribution in [3.05, 3.63) is 41.7 Å². The Kier molecular flexibility index (Phi) is 5.96. The van der Waals surface area contributed by atoms with Gasteiger partial charge in [-0.25, -0.2) is 8.78 Å². The van der Waals surface area contributed by atoms with E-state index in [1.807, 2.05) is 6.92 Å². The number of rotatable bonds is 7. The summed E-state index contributed by atoms with van der Waals surface area (Å²) < 4.78 is 32.9. The van der Waals surface area contributed by atoms with Crippen LogP contribution in [0.1, 0.15) is 25.3 Å². The first-order valence-corrected chi connectivity index (χ1v) is 6.29. The third kappa shape index (κ3) is 4.53. The van der Waals surface area contributed by atoms with Gasteiger partial charge in [0, 0.05) is 5.56 Å². The molecule has 0 bridgehead atoms. The number of nitrogens with two attached hydrogens (primary N) is 1. The molecule has 1 rings (SSSR count). The number of unbranched alkanes of at least 4 members (excludes halogenated alkanes) is 1. The summed E-state index contributed by atoms with van der Waals surface area (Å²) in [6.45, 7) is 5.59. The number of nitrogens with one attached hydrogen (secondary N) is 1. The van der Waals surface area contributed by atoms with Gasteiger partial charge in [0.25, 0.3) is 0 Å². The zero-order valence-corrected chi connectivity index (χ0v) is 11.3. The number of halogens is 2. The Bertz CT molecular complexity index is 504. The highest BCUT2D eigenvalue weighted by atomic mass is 19.1. The quantitative estimate of drug-likeness (QED) is 0.755. The largest absolute Gasteiger partial charge is 0.491 e. The number of hydrogen-bond donors (Lipinski definition) is 2. The SMILES string of the molecule is C=C(N)NC(=O)Cc1c(F)ccc(OCCCC)c1F. The summed E-state index contributed by atoms with van der Waals surface area (Å²) >= 11 is 0. The monoisotopic (exact) mass is 284 g/mol. The summed E-state index contributed by atoms with van der Waals surface area (Å²) in [5, 5.41) is 2.19. The zero-order valence-electron chi connectivity index (χ0n) is 11.3. The topological polar surface area (TPSA) is 64.3 Å². The number of amides is 1. The van der Waals surface area contributed by atoms with Gasteiger partial charge in [0.2, 0.25) is 5.91 Å². The molecular weight excluding hydrogens is 266 g/mol. The molecule has 1 aromatic carbocycles. The first-order valence-electron chi connectivity index (χ1n) is 6.29. The van der Waals surface area contributed by atoms with E-state index >= 15 is 0 Å². The number of benzene rings is 1. The molecule has 110 valence electrons. The Morgan fingerprint density at radius 1 is 1.45 bits per heavy atom. The lowest BCUT2D eigenvalue weighted by Gasteiger charge is -2.11. The summed E-state index contributed by atoms with van der Waals surface area (Å²) in [6, 6.07) is 2.29. The Morgan fingerprint density at radius 3 is 2.75 bits per heavy atom. The fourth-order valence-corrected chi connectivity index (χ4v) is 1.56. The molecule has 0 saturated carbocycles. The Labute approximate surface area is 116 Å². The van der Waals surface area contributed by atoms with Crippen molar-refractivity contribution in [1.82, 2.24) is 5.32 Å². The average molecular weight is 284 g/mol. The van der Waals surface area contributed by atoms with E-state index in [4.69, 9.17) is 10.5 Å². The molecule has 3 N–H and O–H groups in total. The van der Waals surface area contributed by atoms with Crippen LogP contribution in [0.15, 0.2) is 24.5 Å². The highest BCUT2D eigenvalue weighted by Crippen LogP contribution is 2.24. The van der Waals surface area contributed by atoms with Crippen LogP contribution in [0, 0.1) is 11.6 Å². The molecule has 1 aromatic rings. The Hall–Kier alpha value is -2.11. The van der Waals surface area contributed by atoms with Crippen LogP contribution in [-0.2, 0) is 11.2 Å². The molecule has 0 aliphatic heterocycles. The third-order valence-corrected chi connectivity index (χ3v) is 2.54. The van der Waals surface area contributed by atoms with Crippen LogP contribution >= 0.6 is 0 Å². The Balaban J connectivity index is 2.86. The van der Waals surface area contributed by atoms with E-state index in [1.54, 1.807) is 0 Å². The lowest BCUT2D eigenvalue weighted by Crippen LogP contribution is -2.28. The van der Waals surface area contributed by atoms with Gasteiger partial charge in [0.05, 0.1) is 18.8 Å². The molecule has 0 spiro atoms. The average Bonchev–Trinajstić information content (AvgIpc) is 2.36. The highest BCUT2D eigenvalue weighted by Gasteiger charge is 2.17. The fraction of sp³-hybridized carbons (Fsp3) is 0.357. The molecule has 20 heavy (non-hydrogen) atoms. The highest BCUT2D eigenvalue weighted by molar-refractivity contribution is 5.80. The van der Waals surface area contributed by atoms with Crippen molar-refractivity contribution in [1.29, 1.82) is 0 Å². The van der Waals surface area contributed by atoms with Crippen LogP contribution in [0.3, 0.4) is 0 Å². The predicted octanol–water partition coefficient (Wildman–Crippen LogP) is 2.23. The molecule has 0 aliphatic carbocycles. The summed E-state index contributed by atoms with van der Waals surface area (Å²) in [4.78, 5) is 11.5. The minimum absolute atomic E-state index is 0.0609. The van der Waals surface area contributed by atoms with Gasteiger partial charge in [0.15, 0.2) is 11.6 Å². The maximum Gasteiger partial charge on any atom is 0.230 e. The van der Waals surface area contributed by atoms with Crippen molar-refractivity contribution in [2.24, 2.45) is 5.73 Å². The van der Waals surface area contributed by atoms with Crippen LogP contribution < -0.4 is 15.8 Å². The van der Waals surface area contributed by atoms with Crippen molar-refractivity contribution in [3.8, 4) is 5.75 Å². The maximum absolute atomic E-state index is 14.1. The van der Waals surface area contributed by atoms with Crippen LogP contribution in [0.4, 0.5) is 8.78 Å². The minimum Gasteiger partial charge on any atom is -0.491 e. The molecule has 0 fully saturated rings. The van der Waals surface area contributed by atoms with E-state index in [1.165, 1.54) is 6.07 Å². The third-order valence-electron chi connectivity index (χ3n) is 2.54. The van der Waals surface area contributed by atoms with Crippen molar-refractivity contribution in [2.75, 3.05) is 6.61 Å². The van der Waals surface area contributed by atoms with E-state index in [9.17, 15) is 13.6 Å². The normalized spacial score (nSPS) is 10.2. The lowest BCUT2D eigenvalue weighted by molar-refractivity contribution is -0.119. The van der Waals surface area contributed by atoms with E-state index in [2.05, 4.69) is 11.9 Å². The smallest absolute Gasteiger partial charge is 0.230 e. The first-order chi connectivity index (χ1) is 9.45. The van der Waals surface area contributed by atoms with Crippen LogP contribution in [-0.4, -0.2) is 12.5 Å². The van der Waals surface area contributed by atoms with Crippen LogP contribution in [0.2, 0.25) is 0 Å². The first kappa shape index (κ1) is 15.9. The Morgan fingerprint density at radius 2 is 2.15 bits per heavy atom. The van der Waals surface area contributed by atoms with Gasteiger partial charge >= 0.3 is 0 Å². The number of carbonyl (C=O) groups excluding carboxylic acids is 1. The lowest BCUT2D eigenvalue weighted by atomic mass is 10.1. The van der Waals surface area contributed by atoms with Gasteiger partial charge in [0.1, 0.15) is 5.82 Å². The second-order valence-corrected chi connectivity index (χ2v) is 4.29. The molecule has 0 radical (unpaired) electrons. The van der Waals surface area contributed by atoms with Crippen molar-refractivity contribution >= 4 is 5.91 Å². The molecule has 0 saturated heterocycles. The molecular formula is C14H18F2N2O2. The zero-order chi connectivity index (χ0) is 15.1. The van der Waals surface area contributed by atoms with Crippen LogP contribution in [0.25, 0.3) is 0 Å². The maximum atomic E-state index is 14.1. The number of carbonyl (C=O) groups is 1. The van der Waals surface area contributed by atoms with Crippen molar-refractivity contribution in [2.45, 2.75) is 26.2 Å². The number of ether oxygens (including phenoxy) is 1. The summed E-state index contributed by atoms with van der Waals surface area (Å²) in [7, 11) is 0. The second-order valence-electron chi connectivity index (χ2n) is 4.29. The van der Waals surface area contributed by atoms with Gasteiger partial charge in [-0.2, -0.15) is 0 Å². The van der Waals surface area contributed by atoms with Gasteiger partial charge < -0.3 is 15.8 Å². The molecule has 1 amide bonds. The summed E-state index contributed by atoms with van der Waals surface area (Å²) in [5.41, 5.74) is 4.85. The van der Waals surface area contributed by atoms with E-state index in [0.29, 0.717) is 6.61 Å². The molecule has 6 heteroatoms. The fourth-order valence-electron chi connectivity index (χ4n) is 1.56. The predicted molar refractivity (Wildman–Crippen MR) is 71.9 cm³/mol. The number of hydrogen-bond acceptors (Lipinski definition) is 3. The minimum atomic E-state index is -0.862. The van der Waals surface area contributed by atoms with E-state index < -0.39 is 24.0 Å². The summed E-state index contributed by atoms with van der Waals surface area (Å²) in [5.74, 6) is -2.44. The molecule has 0 unspecified atom stereocenters. The molecule has 0 heterocycles. The molecule has 4 nitrogen and oxygen atoms in total. The van der Waals surface area contributed by atoms with E-state index in [-0.39, 0.29) is 17.1 Å². The van der Waals surface area contributed by atoms with Crippen LogP contribution in [0.5, 0.6) is 5.75 Å².